The minimum absolute atomic E-state index is 0.0313. The van der Waals surface area contributed by atoms with Crippen molar-refractivity contribution in [3.63, 3.8) is 0 Å². The molecular formula is C26H33N9O3. The van der Waals surface area contributed by atoms with Gasteiger partial charge in [0, 0.05) is 24.1 Å². The number of anilines is 3. The maximum atomic E-state index is 13.3. The lowest BCUT2D eigenvalue weighted by molar-refractivity contribution is 0.142. The van der Waals surface area contributed by atoms with Gasteiger partial charge in [-0.05, 0) is 38.7 Å². The van der Waals surface area contributed by atoms with E-state index in [1.54, 1.807) is 0 Å². The number of hydrogen-bond donors (Lipinski definition) is 4. The van der Waals surface area contributed by atoms with E-state index in [0.717, 1.165) is 37.1 Å². The van der Waals surface area contributed by atoms with E-state index in [1.807, 2.05) is 41.8 Å². The summed E-state index contributed by atoms with van der Waals surface area (Å²) in [5.74, 6) is 1.64. The maximum Gasteiger partial charge on any atom is 0.322 e. The number of urea groups is 1. The molecule has 1 aliphatic carbocycles. The van der Waals surface area contributed by atoms with Crippen LogP contribution in [-0.2, 0) is 12.1 Å². The zero-order valence-corrected chi connectivity index (χ0v) is 21.8. The lowest BCUT2D eigenvalue weighted by Crippen LogP contribution is -2.47. The SMILES string of the molecule is COc1nc(Nc2n[nH]c3c2CN(C(=O)N[C@H]2C[C@@H]2c2ccccc2)C3(C)C)nc(N2CCC[C@H]2CO)n1. The number of aromatic nitrogens is 5. The van der Waals surface area contributed by atoms with Gasteiger partial charge in [-0.25, -0.2) is 4.79 Å². The highest BCUT2D eigenvalue weighted by molar-refractivity contribution is 5.78. The number of nitrogens with zero attached hydrogens (tertiary/aromatic N) is 6. The number of fused-ring (bicyclic) bond motifs is 1. The molecule has 2 aromatic heterocycles. The number of nitrogens with one attached hydrogen (secondary N) is 3. The maximum absolute atomic E-state index is 13.3. The van der Waals surface area contributed by atoms with Gasteiger partial charge in [-0.15, -0.1) is 0 Å². The summed E-state index contributed by atoms with van der Waals surface area (Å²) in [6, 6.07) is 10.5. The summed E-state index contributed by atoms with van der Waals surface area (Å²) in [7, 11) is 1.50. The number of benzene rings is 1. The molecule has 1 saturated carbocycles. The average Bonchev–Trinajstić information content (AvgIpc) is 3.23. The van der Waals surface area contributed by atoms with Crippen molar-refractivity contribution in [1.29, 1.82) is 0 Å². The van der Waals surface area contributed by atoms with Gasteiger partial charge in [0.05, 0.1) is 37.5 Å². The van der Waals surface area contributed by atoms with Gasteiger partial charge in [0.25, 0.3) is 0 Å². The van der Waals surface area contributed by atoms with Crippen LogP contribution in [0.5, 0.6) is 6.01 Å². The van der Waals surface area contributed by atoms with Crippen LogP contribution < -0.4 is 20.3 Å². The highest BCUT2D eigenvalue weighted by Crippen LogP contribution is 2.43. The summed E-state index contributed by atoms with van der Waals surface area (Å²) in [4.78, 5) is 30.5. The molecule has 38 heavy (non-hydrogen) atoms. The molecule has 6 rings (SSSR count). The summed E-state index contributed by atoms with van der Waals surface area (Å²) in [6.45, 7) is 5.19. The first-order valence-corrected chi connectivity index (χ1v) is 13.0. The third-order valence-electron chi connectivity index (χ3n) is 7.90. The molecule has 4 heterocycles. The Labute approximate surface area is 220 Å². The van der Waals surface area contributed by atoms with Crippen molar-refractivity contribution >= 4 is 23.7 Å². The van der Waals surface area contributed by atoms with Crippen LogP contribution in [0.4, 0.5) is 22.5 Å². The molecule has 12 heteroatoms. The van der Waals surface area contributed by atoms with Crippen LogP contribution in [0.1, 0.15) is 55.8 Å². The van der Waals surface area contributed by atoms with Crippen molar-refractivity contribution in [1.82, 2.24) is 35.4 Å². The predicted molar refractivity (Wildman–Crippen MR) is 140 cm³/mol. The molecule has 3 aliphatic rings. The van der Waals surface area contributed by atoms with E-state index in [0.29, 0.717) is 24.2 Å². The number of rotatable bonds is 7. The zero-order valence-electron chi connectivity index (χ0n) is 21.8. The minimum Gasteiger partial charge on any atom is -0.467 e. The normalized spacial score (nSPS) is 23.3. The third kappa shape index (κ3) is 4.28. The quantitative estimate of drug-likeness (QED) is 0.370. The summed E-state index contributed by atoms with van der Waals surface area (Å²) in [5, 5.41) is 23.8. The molecular weight excluding hydrogens is 486 g/mol. The molecule has 3 atom stereocenters. The molecule has 4 N–H and O–H groups in total. The lowest BCUT2D eigenvalue weighted by atomic mass is 10.0. The van der Waals surface area contributed by atoms with Gasteiger partial charge in [0.15, 0.2) is 5.82 Å². The van der Waals surface area contributed by atoms with Crippen molar-refractivity contribution in [2.75, 3.05) is 30.5 Å². The highest BCUT2D eigenvalue weighted by atomic mass is 16.5. The molecule has 3 aromatic rings. The number of aromatic amines is 1. The van der Waals surface area contributed by atoms with E-state index in [1.165, 1.54) is 12.7 Å². The predicted octanol–water partition coefficient (Wildman–Crippen LogP) is 2.62. The number of amides is 2. The van der Waals surface area contributed by atoms with Crippen LogP contribution in [0.25, 0.3) is 0 Å². The van der Waals surface area contributed by atoms with Gasteiger partial charge < -0.3 is 30.3 Å². The summed E-state index contributed by atoms with van der Waals surface area (Å²) in [6.07, 6.45) is 2.77. The highest BCUT2D eigenvalue weighted by Gasteiger charge is 2.47. The van der Waals surface area contributed by atoms with E-state index in [2.05, 4.69) is 47.9 Å². The summed E-state index contributed by atoms with van der Waals surface area (Å²) < 4.78 is 5.32. The lowest BCUT2D eigenvalue weighted by Gasteiger charge is -2.32. The number of hydrogen-bond acceptors (Lipinski definition) is 9. The van der Waals surface area contributed by atoms with Gasteiger partial charge >= 0.3 is 12.0 Å². The zero-order chi connectivity index (χ0) is 26.4. The molecule has 200 valence electrons. The third-order valence-corrected chi connectivity index (χ3v) is 7.90. The number of methoxy groups -OCH3 is 1. The van der Waals surface area contributed by atoms with Crippen LogP contribution in [0.3, 0.4) is 0 Å². The Hall–Kier alpha value is -3.93. The van der Waals surface area contributed by atoms with Crippen LogP contribution in [0.2, 0.25) is 0 Å². The first-order chi connectivity index (χ1) is 18.4. The second-order valence-corrected chi connectivity index (χ2v) is 10.6. The van der Waals surface area contributed by atoms with Crippen molar-refractivity contribution in [3.8, 4) is 6.01 Å². The standard InChI is InChI=1S/C26H33N9O3/c1-26(2)20-18(13-35(26)25(37)27-19-12-17(19)15-8-5-4-6-9-15)21(33-32-20)28-22-29-23(31-24(30-22)38-3)34-11-7-10-16(34)14-36/h4-6,8-9,16-17,19,36H,7,10-14H2,1-3H3,(H,27,37)(H2,28,29,30,31,32,33)/t16-,17+,19-/m0/s1. The summed E-state index contributed by atoms with van der Waals surface area (Å²) in [5.41, 5.74) is 2.43. The van der Waals surface area contributed by atoms with E-state index >= 15 is 0 Å². The molecule has 0 radical (unpaired) electrons. The van der Waals surface area contributed by atoms with Gasteiger partial charge in [0.2, 0.25) is 11.9 Å². The van der Waals surface area contributed by atoms with E-state index < -0.39 is 5.54 Å². The molecule has 12 nitrogen and oxygen atoms in total. The first kappa shape index (κ1) is 24.4. The Kier molecular flexibility index (Phi) is 6.05. The van der Waals surface area contributed by atoms with Crippen molar-refractivity contribution in [3.05, 3.63) is 47.2 Å². The number of carbonyl (C=O) groups excluding carboxylic acids is 1. The van der Waals surface area contributed by atoms with Crippen LogP contribution in [-0.4, -0.2) is 73.5 Å². The Morgan fingerprint density at radius 2 is 2.05 bits per heavy atom. The fourth-order valence-electron chi connectivity index (χ4n) is 5.62. The Balaban J connectivity index is 1.19. The first-order valence-electron chi connectivity index (χ1n) is 13.0. The Morgan fingerprint density at radius 3 is 2.82 bits per heavy atom. The van der Waals surface area contributed by atoms with Crippen LogP contribution >= 0.6 is 0 Å². The molecule has 0 unspecified atom stereocenters. The van der Waals surface area contributed by atoms with Gasteiger partial charge in [-0.2, -0.15) is 20.1 Å². The molecule has 1 saturated heterocycles. The minimum atomic E-state index is -0.574. The van der Waals surface area contributed by atoms with Crippen molar-refractivity contribution in [2.45, 2.75) is 63.2 Å². The number of carbonyl (C=O) groups is 1. The molecule has 1 aromatic carbocycles. The number of aliphatic hydroxyl groups excluding tert-OH is 1. The summed E-state index contributed by atoms with van der Waals surface area (Å²) >= 11 is 0. The molecule has 2 aliphatic heterocycles. The van der Waals surface area contributed by atoms with E-state index in [9.17, 15) is 9.90 Å². The molecule has 0 bridgehead atoms. The van der Waals surface area contributed by atoms with Crippen molar-refractivity contribution < 1.29 is 14.6 Å². The second kappa shape index (κ2) is 9.43. The van der Waals surface area contributed by atoms with Gasteiger partial charge in [-0.1, -0.05) is 30.3 Å². The van der Waals surface area contributed by atoms with Crippen LogP contribution in [0, 0.1) is 0 Å². The fraction of sp³-hybridized carbons (Fsp3) is 0.500. The van der Waals surface area contributed by atoms with E-state index in [-0.39, 0.29) is 36.7 Å². The fourth-order valence-corrected chi connectivity index (χ4v) is 5.62. The van der Waals surface area contributed by atoms with Gasteiger partial charge in [0.1, 0.15) is 0 Å². The Morgan fingerprint density at radius 1 is 1.24 bits per heavy atom. The van der Waals surface area contributed by atoms with Crippen LogP contribution in [0.15, 0.2) is 30.3 Å². The molecule has 2 amide bonds. The Bertz CT molecular complexity index is 1330. The van der Waals surface area contributed by atoms with Gasteiger partial charge in [-0.3, -0.25) is 5.10 Å². The number of aliphatic hydroxyl groups is 1. The van der Waals surface area contributed by atoms with Crippen molar-refractivity contribution in [2.24, 2.45) is 0 Å². The second-order valence-electron chi connectivity index (χ2n) is 10.6. The molecule has 0 spiro atoms. The number of H-pyrrole nitrogens is 1. The largest absolute Gasteiger partial charge is 0.467 e. The number of ether oxygens (including phenoxy) is 1. The average molecular weight is 520 g/mol. The molecule has 2 fully saturated rings. The van der Waals surface area contributed by atoms with E-state index in [4.69, 9.17) is 4.74 Å². The monoisotopic (exact) mass is 519 g/mol. The topological polar surface area (TPSA) is 144 Å². The smallest absolute Gasteiger partial charge is 0.322 e.